The number of nitrogens with one attached hydrogen (secondary N) is 2. The summed E-state index contributed by atoms with van der Waals surface area (Å²) >= 11 is 1.34. The highest BCUT2D eigenvalue weighted by Gasteiger charge is 2.29. The number of hydrogen-bond donors (Lipinski definition) is 2. The molecule has 0 saturated carbocycles. The molecule has 0 saturated heterocycles. The molecule has 190 valence electrons. The molecule has 0 bridgehead atoms. The fourth-order valence-corrected chi connectivity index (χ4v) is 6.89. The van der Waals surface area contributed by atoms with E-state index in [0.717, 1.165) is 28.1 Å². The molecule has 2 N–H and O–H groups in total. The Morgan fingerprint density at radius 2 is 1.78 bits per heavy atom. The van der Waals surface area contributed by atoms with Crippen LogP contribution < -0.4 is 10.0 Å². The summed E-state index contributed by atoms with van der Waals surface area (Å²) in [6.07, 6.45) is 0.680. The monoisotopic (exact) mass is 527 g/mol. The van der Waals surface area contributed by atoms with Gasteiger partial charge >= 0.3 is 5.97 Å². The van der Waals surface area contributed by atoms with E-state index in [2.05, 4.69) is 14.9 Å². The number of benzene rings is 2. The highest BCUT2D eigenvalue weighted by Crippen LogP contribution is 2.37. The number of aryl methyl sites for hydroxylation is 3. The molecular formula is C26H29N3O5S2. The quantitative estimate of drug-likeness (QED) is 0.458. The van der Waals surface area contributed by atoms with Crippen LogP contribution in [0.15, 0.2) is 41.3 Å². The molecule has 36 heavy (non-hydrogen) atoms. The number of esters is 1. The standard InChI is InChI=1S/C26H29N3O5S2/c1-15-6-7-16(2)20(12-15)28-36(32,33)22-13-18(9-8-17(22)3)24(30)27-25-23(26(31)34-5)19-10-11-29(4)14-21(19)35-25/h6-9,12-13,28H,10-11,14H2,1-5H3,(H,27,30). The number of carbonyl (C=O) groups excluding carboxylic acids is 2. The van der Waals surface area contributed by atoms with Crippen LogP contribution in [-0.2, 0) is 27.7 Å². The maximum Gasteiger partial charge on any atom is 0.341 e. The van der Waals surface area contributed by atoms with Crippen molar-refractivity contribution in [2.24, 2.45) is 0 Å². The highest BCUT2D eigenvalue weighted by molar-refractivity contribution is 7.92. The average Bonchev–Trinajstić information content (AvgIpc) is 3.17. The third-order valence-electron chi connectivity index (χ3n) is 6.24. The molecule has 4 rings (SSSR count). The Labute approximate surface area is 215 Å². The van der Waals surface area contributed by atoms with Crippen molar-refractivity contribution in [2.75, 3.05) is 30.7 Å². The van der Waals surface area contributed by atoms with Crippen molar-refractivity contribution in [3.63, 3.8) is 0 Å². The van der Waals surface area contributed by atoms with Crippen molar-refractivity contribution in [2.45, 2.75) is 38.6 Å². The first kappa shape index (κ1) is 25.9. The Kier molecular flexibility index (Phi) is 7.21. The molecule has 8 nitrogen and oxygen atoms in total. The smallest absolute Gasteiger partial charge is 0.341 e. The maximum absolute atomic E-state index is 13.3. The Morgan fingerprint density at radius 1 is 1.06 bits per heavy atom. The summed E-state index contributed by atoms with van der Waals surface area (Å²) in [6, 6.07) is 10.1. The van der Waals surface area contributed by atoms with E-state index >= 15 is 0 Å². The van der Waals surface area contributed by atoms with Gasteiger partial charge in [0.05, 0.1) is 23.3 Å². The van der Waals surface area contributed by atoms with Gasteiger partial charge in [-0.05, 0) is 74.7 Å². The van der Waals surface area contributed by atoms with E-state index in [1.807, 2.05) is 33.0 Å². The van der Waals surface area contributed by atoms with E-state index in [-0.39, 0.29) is 10.5 Å². The largest absolute Gasteiger partial charge is 0.465 e. The second-order valence-electron chi connectivity index (χ2n) is 9.05. The zero-order valence-corrected chi connectivity index (χ0v) is 22.5. The van der Waals surface area contributed by atoms with Crippen LogP contribution in [-0.4, -0.2) is 45.9 Å². The van der Waals surface area contributed by atoms with E-state index < -0.39 is 21.9 Å². The summed E-state index contributed by atoms with van der Waals surface area (Å²) in [5, 5.41) is 3.23. The van der Waals surface area contributed by atoms with Gasteiger partial charge in [-0.25, -0.2) is 13.2 Å². The third-order valence-corrected chi connectivity index (χ3v) is 8.88. The van der Waals surface area contributed by atoms with Gasteiger partial charge in [0.2, 0.25) is 0 Å². The zero-order chi connectivity index (χ0) is 26.2. The van der Waals surface area contributed by atoms with Crippen LogP contribution >= 0.6 is 11.3 Å². The molecule has 0 unspecified atom stereocenters. The molecule has 0 spiro atoms. The van der Waals surface area contributed by atoms with Gasteiger partial charge < -0.3 is 15.0 Å². The van der Waals surface area contributed by atoms with Gasteiger partial charge in [-0.1, -0.05) is 18.2 Å². The average molecular weight is 528 g/mol. The van der Waals surface area contributed by atoms with E-state index in [0.29, 0.717) is 34.8 Å². The minimum Gasteiger partial charge on any atom is -0.465 e. The molecule has 2 heterocycles. The van der Waals surface area contributed by atoms with Crippen molar-refractivity contribution in [1.82, 2.24) is 4.90 Å². The molecule has 3 aromatic rings. The fourth-order valence-electron chi connectivity index (χ4n) is 4.19. The van der Waals surface area contributed by atoms with Crippen molar-refractivity contribution in [3.8, 4) is 0 Å². The van der Waals surface area contributed by atoms with Crippen molar-refractivity contribution < 1.29 is 22.7 Å². The van der Waals surface area contributed by atoms with Gasteiger partial charge in [-0.2, -0.15) is 0 Å². The first-order valence-corrected chi connectivity index (χ1v) is 13.7. The predicted molar refractivity (Wildman–Crippen MR) is 142 cm³/mol. The highest BCUT2D eigenvalue weighted by atomic mass is 32.2. The Balaban J connectivity index is 1.65. The molecule has 1 aromatic heterocycles. The number of amides is 1. The minimum atomic E-state index is -3.95. The van der Waals surface area contributed by atoms with Crippen LogP contribution in [0, 0.1) is 20.8 Å². The summed E-state index contributed by atoms with van der Waals surface area (Å²) in [5.74, 6) is -1.01. The number of likely N-dealkylation sites (N-methyl/N-ethyl adjacent to an activating group) is 1. The molecule has 2 aromatic carbocycles. The van der Waals surface area contributed by atoms with Gasteiger partial charge in [-0.3, -0.25) is 9.52 Å². The first-order chi connectivity index (χ1) is 17.0. The summed E-state index contributed by atoms with van der Waals surface area (Å²) in [7, 11) is -0.641. The Morgan fingerprint density at radius 3 is 2.50 bits per heavy atom. The number of carbonyl (C=O) groups is 2. The Hall–Kier alpha value is -3.21. The SMILES string of the molecule is COC(=O)c1c(NC(=O)c2ccc(C)c(S(=O)(=O)Nc3cc(C)ccc3C)c2)sc2c1CCN(C)C2. The number of thiophene rings is 1. The number of rotatable bonds is 6. The van der Waals surface area contributed by atoms with Crippen molar-refractivity contribution in [1.29, 1.82) is 0 Å². The lowest BCUT2D eigenvalue weighted by atomic mass is 10.0. The van der Waals surface area contributed by atoms with E-state index in [1.54, 1.807) is 25.1 Å². The van der Waals surface area contributed by atoms with E-state index in [4.69, 9.17) is 4.74 Å². The van der Waals surface area contributed by atoms with Crippen molar-refractivity contribution in [3.05, 3.63) is 74.7 Å². The molecule has 0 atom stereocenters. The van der Waals surface area contributed by atoms with Crippen molar-refractivity contribution >= 4 is 43.9 Å². The number of fused-ring (bicyclic) bond motifs is 1. The molecule has 0 fully saturated rings. The summed E-state index contributed by atoms with van der Waals surface area (Å²) in [6.45, 7) is 6.87. The number of methoxy groups -OCH3 is 1. The van der Waals surface area contributed by atoms with Gasteiger partial charge in [0, 0.05) is 23.5 Å². The van der Waals surface area contributed by atoms with Crippen LogP contribution in [0.4, 0.5) is 10.7 Å². The van der Waals surface area contributed by atoms with Crippen LogP contribution in [0.2, 0.25) is 0 Å². The lowest BCUT2D eigenvalue weighted by molar-refractivity contribution is 0.0600. The lowest BCUT2D eigenvalue weighted by Gasteiger charge is -2.22. The Bertz CT molecular complexity index is 1460. The second kappa shape index (κ2) is 10.0. The molecular weight excluding hydrogens is 498 g/mol. The number of ether oxygens (including phenoxy) is 1. The van der Waals surface area contributed by atoms with E-state index in [1.165, 1.54) is 24.5 Å². The van der Waals surface area contributed by atoms with E-state index in [9.17, 15) is 18.0 Å². The minimum absolute atomic E-state index is 0.0105. The maximum atomic E-state index is 13.3. The molecule has 1 aliphatic rings. The number of anilines is 2. The summed E-state index contributed by atoms with van der Waals surface area (Å²) in [5.41, 5.74) is 4.14. The zero-order valence-electron chi connectivity index (χ0n) is 20.9. The molecule has 1 aliphatic heterocycles. The van der Waals surface area contributed by atoms with Crippen LogP contribution in [0.5, 0.6) is 0 Å². The van der Waals surface area contributed by atoms with Gasteiger partial charge in [-0.15, -0.1) is 11.3 Å². The van der Waals surface area contributed by atoms with Crippen LogP contribution in [0.3, 0.4) is 0 Å². The number of nitrogens with zero attached hydrogens (tertiary/aromatic N) is 1. The van der Waals surface area contributed by atoms with Gasteiger partial charge in [0.25, 0.3) is 15.9 Å². The normalized spacial score (nSPS) is 13.7. The van der Waals surface area contributed by atoms with Gasteiger partial charge in [0.15, 0.2) is 0 Å². The fraction of sp³-hybridized carbons (Fsp3) is 0.308. The molecule has 0 aliphatic carbocycles. The first-order valence-electron chi connectivity index (χ1n) is 11.4. The third kappa shape index (κ3) is 5.16. The molecule has 10 heteroatoms. The van der Waals surface area contributed by atoms with Crippen LogP contribution in [0.25, 0.3) is 0 Å². The van der Waals surface area contributed by atoms with Crippen LogP contribution in [0.1, 0.15) is 47.8 Å². The number of sulfonamides is 1. The summed E-state index contributed by atoms with van der Waals surface area (Å²) in [4.78, 5) is 28.9. The molecule has 0 radical (unpaired) electrons. The summed E-state index contributed by atoms with van der Waals surface area (Å²) < 4.78 is 34.1. The second-order valence-corrected chi connectivity index (χ2v) is 11.8. The van der Waals surface area contributed by atoms with Gasteiger partial charge in [0.1, 0.15) is 5.00 Å². The topological polar surface area (TPSA) is 105 Å². The predicted octanol–water partition coefficient (Wildman–Crippen LogP) is 4.50. The number of hydrogen-bond acceptors (Lipinski definition) is 7. The molecule has 1 amide bonds. The lowest BCUT2D eigenvalue weighted by Crippen LogP contribution is -2.26.